The van der Waals surface area contributed by atoms with Crippen LogP contribution in [-0.4, -0.2) is 35.7 Å². The van der Waals surface area contributed by atoms with Crippen LogP contribution in [-0.2, 0) is 11.2 Å². The number of ether oxygens (including phenoxy) is 2. The molecule has 0 unspecified atom stereocenters. The van der Waals surface area contributed by atoms with Crippen LogP contribution in [0.1, 0.15) is 30.7 Å². The molecule has 126 valence electrons. The smallest absolute Gasteiger partial charge is 0.231 e. The molecule has 6 nitrogen and oxygen atoms in total. The lowest BCUT2D eigenvalue weighted by atomic mass is 10.1. The quantitative estimate of drug-likeness (QED) is 0.867. The van der Waals surface area contributed by atoms with E-state index in [0.717, 1.165) is 37.2 Å². The van der Waals surface area contributed by atoms with E-state index in [1.165, 1.54) is 6.42 Å². The van der Waals surface area contributed by atoms with Crippen LogP contribution in [0.5, 0.6) is 11.5 Å². The van der Waals surface area contributed by atoms with Gasteiger partial charge >= 0.3 is 0 Å². The largest absolute Gasteiger partial charge is 0.454 e. The van der Waals surface area contributed by atoms with Crippen LogP contribution in [0.4, 0.5) is 0 Å². The summed E-state index contributed by atoms with van der Waals surface area (Å²) >= 11 is 0. The molecule has 0 N–H and O–H groups in total. The van der Waals surface area contributed by atoms with E-state index in [-0.39, 0.29) is 12.7 Å². The van der Waals surface area contributed by atoms with Gasteiger partial charge in [0.15, 0.2) is 11.5 Å². The number of carbonyl (C=O) groups is 1. The molecule has 1 saturated heterocycles. The minimum atomic E-state index is 0.128. The zero-order chi connectivity index (χ0) is 16.5. The Morgan fingerprint density at radius 1 is 1.17 bits per heavy atom. The first-order valence-electron chi connectivity index (χ1n) is 8.35. The fourth-order valence-electron chi connectivity index (χ4n) is 3.14. The average Bonchev–Trinajstić information content (AvgIpc) is 3.22. The lowest BCUT2D eigenvalue weighted by Gasteiger charge is -2.26. The third-order valence-corrected chi connectivity index (χ3v) is 4.54. The highest BCUT2D eigenvalue weighted by atomic mass is 16.7. The van der Waals surface area contributed by atoms with Crippen LogP contribution in [0, 0.1) is 6.92 Å². The minimum absolute atomic E-state index is 0.128. The molecule has 1 amide bonds. The highest BCUT2D eigenvalue weighted by Crippen LogP contribution is 2.36. The Hall–Kier alpha value is -2.50. The molecule has 2 aliphatic rings. The first kappa shape index (κ1) is 15.1. The molecule has 24 heavy (non-hydrogen) atoms. The molecule has 0 atom stereocenters. The van der Waals surface area contributed by atoms with Crippen molar-refractivity contribution < 1.29 is 18.7 Å². The number of hydrogen-bond acceptors (Lipinski definition) is 5. The van der Waals surface area contributed by atoms with E-state index in [9.17, 15) is 4.79 Å². The van der Waals surface area contributed by atoms with Crippen LogP contribution in [0.15, 0.2) is 22.6 Å². The maximum absolute atomic E-state index is 12.4. The van der Waals surface area contributed by atoms with Gasteiger partial charge in [-0.3, -0.25) is 4.79 Å². The highest BCUT2D eigenvalue weighted by molar-refractivity contribution is 5.78. The summed E-state index contributed by atoms with van der Waals surface area (Å²) in [5, 5.41) is 0. The molecule has 0 saturated carbocycles. The van der Waals surface area contributed by atoms with Crippen molar-refractivity contribution in [3.8, 4) is 23.0 Å². The molecule has 1 fully saturated rings. The van der Waals surface area contributed by atoms with E-state index in [1.807, 2.05) is 30.0 Å². The van der Waals surface area contributed by atoms with Crippen molar-refractivity contribution in [2.24, 2.45) is 0 Å². The predicted octanol–water partition coefficient (Wildman–Crippen LogP) is 2.93. The molecule has 0 bridgehead atoms. The molecular formula is C18H20N2O4. The lowest BCUT2D eigenvalue weighted by Crippen LogP contribution is -2.36. The standard InChI is InChI=1S/C18H20N2O4/c1-12-14(10-17(21)20-7-3-2-4-8-20)19-18(24-12)13-5-6-15-16(9-13)23-11-22-15/h5-6,9H,2-4,7-8,10-11H2,1H3. The number of piperidine rings is 1. The summed E-state index contributed by atoms with van der Waals surface area (Å²) < 4.78 is 16.5. The van der Waals surface area contributed by atoms with E-state index >= 15 is 0 Å². The SMILES string of the molecule is Cc1oc(-c2ccc3c(c2)OCO3)nc1CC(=O)N1CCCCC1. The molecule has 6 heteroatoms. The van der Waals surface area contributed by atoms with Gasteiger partial charge in [0.05, 0.1) is 12.1 Å². The molecule has 2 aliphatic heterocycles. The Balaban J connectivity index is 1.53. The van der Waals surface area contributed by atoms with Crippen LogP contribution in [0.25, 0.3) is 11.5 Å². The Kier molecular flexibility index (Phi) is 3.88. The van der Waals surface area contributed by atoms with E-state index in [4.69, 9.17) is 13.9 Å². The fourth-order valence-corrected chi connectivity index (χ4v) is 3.14. The van der Waals surface area contributed by atoms with Crippen molar-refractivity contribution in [1.82, 2.24) is 9.88 Å². The van der Waals surface area contributed by atoms with Crippen molar-refractivity contribution in [3.05, 3.63) is 29.7 Å². The summed E-state index contributed by atoms with van der Waals surface area (Å²) in [6, 6.07) is 5.58. The van der Waals surface area contributed by atoms with Gasteiger partial charge in [0.25, 0.3) is 0 Å². The summed E-state index contributed by atoms with van der Waals surface area (Å²) in [6.45, 7) is 3.79. The molecule has 4 rings (SSSR count). The first-order chi connectivity index (χ1) is 11.7. The van der Waals surface area contributed by atoms with Crippen molar-refractivity contribution in [2.75, 3.05) is 19.9 Å². The molecule has 2 aromatic rings. The number of benzene rings is 1. The van der Waals surface area contributed by atoms with Gasteiger partial charge in [-0.15, -0.1) is 0 Å². The van der Waals surface area contributed by atoms with Crippen molar-refractivity contribution >= 4 is 5.91 Å². The van der Waals surface area contributed by atoms with E-state index in [0.29, 0.717) is 29.5 Å². The lowest BCUT2D eigenvalue weighted by molar-refractivity contribution is -0.131. The topological polar surface area (TPSA) is 64.8 Å². The number of aryl methyl sites for hydroxylation is 1. The normalized spacial score (nSPS) is 16.5. The number of fused-ring (bicyclic) bond motifs is 1. The Morgan fingerprint density at radius 3 is 2.79 bits per heavy atom. The Bertz CT molecular complexity index is 762. The third kappa shape index (κ3) is 2.84. The maximum Gasteiger partial charge on any atom is 0.231 e. The van der Waals surface area contributed by atoms with Crippen molar-refractivity contribution in [2.45, 2.75) is 32.6 Å². The summed E-state index contributed by atoms with van der Waals surface area (Å²) in [5.41, 5.74) is 1.53. The predicted molar refractivity (Wildman–Crippen MR) is 86.9 cm³/mol. The molecule has 3 heterocycles. The minimum Gasteiger partial charge on any atom is -0.454 e. The Morgan fingerprint density at radius 2 is 1.96 bits per heavy atom. The number of likely N-dealkylation sites (tertiary alicyclic amines) is 1. The molecule has 0 aliphatic carbocycles. The summed E-state index contributed by atoms with van der Waals surface area (Å²) in [5.74, 6) is 2.74. The van der Waals surface area contributed by atoms with Crippen LogP contribution in [0.2, 0.25) is 0 Å². The maximum atomic E-state index is 12.4. The number of rotatable bonds is 3. The van der Waals surface area contributed by atoms with E-state index in [1.54, 1.807) is 0 Å². The van der Waals surface area contributed by atoms with Crippen molar-refractivity contribution in [3.63, 3.8) is 0 Å². The van der Waals surface area contributed by atoms with Gasteiger partial charge in [-0.1, -0.05) is 0 Å². The number of oxazole rings is 1. The van der Waals surface area contributed by atoms with Crippen LogP contribution < -0.4 is 9.47 Å². The summed E-state index contributed by atoms with van der Waals surface area (Å²) in [6.07, 6.45) is 3.68. The second-order valence-corrected chi connectivity index (χ2v) is 6.21. The molecule has 0 spiro atoms. The van der Waals surface area contributed by atoms with Crippen LogP contribution in [0.3, 0.4) is 0 Å². The van der Waals surface area contributed by atoms with E-state index in [2.05, 4.69) is 4.98 Å². The summed E-state index contributed by atoms with van der Waals surface area (Å²) in [4.78, 5) is 18.9. The first-order valence-corrected chi connectivity index (χ1v) is 8.35. The molecule has 1 aromatic heterocycles. The van der Waals surface area contributed by atoms with Gasteiger partial charge in [-0.25, -0.2) is 4.98 Å². The van der Waals surface area contributed by atoms with Gasteiger partial charge in [-0.05, 0) is 44.4 Å². The van der Waals surface area contributed by atoms with Gasteiger partial charge in [0.2, 0.25) is 18.6 Å². The zero-order valence-corrected chi connectivity index (χ0v) is 13.7. The molecule has 0 radical (unpaired) electrons. The van der Waals surface area contributed by atoms with Gasteiger partial charge < -0.3 is 18.8 Å². The number of hydrogen-bond donors (Lipinski definition) is 0. The second kappa shape index (κ2) is 6.19. The van der Waals surface area contributed by atoms with Gasteiger partial charge in [0.1, 0.15) is 5.76 Å². The molecular weight excluding hydrogens is 308 g/mol. The fraction of sp³-hybridized carbons (Fsp3) is 0.444. The Labute approximate surface area is 140 Å². The number of aromatic nitrogens is 1. The van der Waals surface area contributed by atoms with Crippen LogP contribution >= 0.6 is 0 Å². The zero-order valence-electron chi connectivity index (χ0n) is 13.7. The number of nitrogens with zero attached hydrogens (tertiary/aromatic N) is 2. The third-order valence-electron chi connectivity index (χ3n) is 4.54. The summed E-state index contributed by atoms with van der Waals surface area (Å²) in [7, 11) is 0. The second-order valence-electron chi connectivity index (χ2n) is 6.21. The van der Waals surface area contributed by atoms with Gasteiger partial charge in [0, 0.05) is 18.7 Å². The van der Waals surface area contributed by atoms with Crippen molar-refractivity contribution in [1.29, 1.82) is 0 Å². The average molecular weight is 328 g/mol. The highest BCUT2D eigenvalue weighted by Gasteiger charge is 2.21. The van der Waals surface area contributed by atoms with E-state index < -0.39 is 0 Å². The number of carbonyl (C=O) groups excluding carboxylic acids is 1. The monoisotopic (exact) mass is 328 g/mol. The number of amides is 1. The molecule has 1 aromatic carbocycles. The van der Waals surface area contributed by atoms with Gasteiger partial charge in [-0.2, -0.15) is 0 Å².